The van der Waals surface area contributed by atoms with Gasteiger partial charge in [0.15, 0.2) is 0 Å². The fraction of sp³-hybridized carbons (Fsp3) is 0.529. The SMILES string of the molecule is Cl.O=C(CCCc1ccc2[nH]c(=O)[nH]c2c1)NCC1CCCNC1. The van der Waals surface area contributed by atoms with Crippen molar-refractivity contribution >= 4 is 29.3 Å². The summed E-state index contributed by atoms with van der Waals surface area (Å²) >= 11 is 0. The zero-order valence-corrected chi connectivity index (χ0v) is 14.5. The molecule has 4 N–H and O–H groups in total. The summed E-state index contributed by atoms with van der Waals surface area (Å²) in [5.74, 6) is 0.701. The standard InChI is InChI=1S/C17H24N4O2.ClH/c22-16(19-11-13-4-2-8-18-10-13)5-1-3-12-6-7-14-15(9-12)21-17(23)20-14;/h6-7,9,13,18H,1-5,8,10-11H2,(H,19,22)(H2,20,21,23);1H. The second kappa shape index (κ2) is 8.89. The Morgan fingerprint density at radius 2 is 2.08 bits per heavy atom. The van der Waals surface area contributed by atoms with Crippen LogP contribution in [0.25, 0.3) is 11.0 Å². The molecule has 7 heteroatoms. The van der Waals surface area contributed by atoms with E-state index < -0.39 is 0 Å². The number of carbonyl (C=O) groups is 1. The van der Waals surface area contributed by atoms with Gasteiger partial charge in [-0.3, -0.25) is 4.79 Å². The number of carbonyl (C=O) groups excluding carboxylic acids is 1. The minimum Gasteiger partial charge on any atom is -0.356 e. The lowest BCUT2D eigenvalue weighted by molar-refractivity contribution is -0.121. The van der Waals surface area contributed by atoms with Gasteiger partial charge in [-0.1, -0.05) is 6.07 Å². The Hall–Kier alpha value is -1.79. The number of amides is 1. The summed E-state index contributed by atoms with van der Waals surface area (Å²) in [5, 5.41) is 6.40. The molecule has 1 aliphatic rings. The van der Waals surface area contributed by atoms with Crippen LogP contribution >= 0.6 is 12.4 Å². The molecule has 0 aliphatic carbocycles. The van der Waals surface area contributed by atoms with Gasteiger partial charge in [0.25, 0.3) is 0 Å². The van der Waals surface area contributed by atoms with Crippen LogP contribution in [0, 0.1) is 5.92 Å². The minimum atomic E-state index is -0.186. The lowest BCUT2D eigenvalue weighted by Crippen LogP contribution is -2.38. The summed E-state index contributed by atoms with van der Waals surface area (Å²) in [6.07, 6.45) is 4.59. The highest BCUT2D eigenvalue weighted by atomic mass is 35.5. The first-order valence-electron chi connectivity index (χ1n) is 8.39. The van der Waals surface area contributed by atoms with Gasteiger partial charge < -0.3 is 20.6 Å². The maximum absolute atomic E-state index is 11.9. The van der Waals surface area contributed by atoms with Crippen LogP contribution in [0.2, 0.25) is 0 Å². The first-order valence-corrected chi connectivity index (χ1v) is 8.39. The Morgan fingerprint density at radius 1 is 1.25 bits per heavy atom. The first kappa shape index (κ1) is 18.5. The number of fused-ring (bicyclic) bond motifs is 1. The van der Waals surface area contributed by atoms with Gasteiger partial charge in [-0.25, -0.2) is 4.79 Å². The zero-order chi connectivity index (χ0) is 16.1. The van der Waals surface area contributed by atoms with Crippen LogP contribution in [0.5, 0.6) is 0 Å². The Morgan fingerprint density at radius 3 is 2.88 bits per heavy atom. The topological polar surface area (TPSA) is 89.8 Å². The Kier molecular flexibility index (Phi) is 6.87. The van der Waals surface area contributed by atoms with Gasteiger partial charge in [-0.15, -0.1) is 12.4 Å². The van der Waals surface area contributed by atoms with Crippen molar-refractivity contribution in [2.45, 2.75) is 32.1 Å². The van der Waals surface area contributed by atoms with E-state index >= 15 is 0 Å². The fourth-order valence-corrected chi connectivity index (χ4v) is 3.13. The van der Waals surface area contributed by atoms with Crippen molar-refractivity contribution in [1.29, 1.82) is 0 Å². The first-order chi connectivity index (χ1) is 11.2. The molecule has 1 saturated heterocycles. The average Bonchev–Trinajstić information content (AvgIpc) is 2.93. The van der Waals surface area contributed by atoms with Crippen molar-refractivity contribution in [3.63, 3.8) is 0 Å². The predicted octanol–water partition coefficient (Wildman–Crippen LogP) is 1.72. The van der Waals surface area contributed by atoms with E-state index in [0.29, 0.717) is 12.3 Å². The summed E-state index contributed by atoms with van der Waals surface area (Å²) in [6.45, 7) is 2.89. The molecule has 0 radical (unpaired) electrons. The van der Waals surface area contributed by atoms with Gasteiger partial charge >= 0.3 is 5.69 Å². The quantitative estimate of drug-likeness (QED) is 0.638. The Bertz CT molecular complexity index is 719. The number of H-pyrrole nitrogens is 2. The molecule has 0 saturated carbocycles. The highest BCUT2D eigenvalue weighted by molar-refractivity contribution is 5.85. The summed E-state index contributed by atoms with van der Waals surface area (Å²) in [6, 6.07) is 5.87. The van der Waals surface area contributed by atoms with Crippen molar-refractivity contribution in [3.8, 4) is 0 Å². The Balaban J connectivity index is 0.00000208. The molecule has 1 aromatic heterocycles. The summed E-state index contributed by atoms with van der Waals surface area (Å²) < 4.78 is 0. The monoisotopic (exact) mass is 352 g/mol. The predicted molar refractivity (Wildman–Crippen MR) is 97.7 cm³/mol. The van der Waals surface area contributed by atoms with E-state index in [1.165, 1.54) is 12.8 Å². The Labute approximate surface area is 147 Å². The van der Waals surface area contributed by atoms with Crippen LogP contribution in [0.3, 0.4) is 0 Å². The molecule has 3 rings (SSSR count). The number of rotatable bonds is 6. The molecule has 2 heterocycles. The third kappa shape index (κ3) is 5.11. The molecule has 6 nitrogen and oxygen atoms in total. The second-order valence-electron chi connectivity index (χ2n) is 6.33. The number of piperidine rings is 1. The lowest BCUT2D eigenvalue weighted by atomic mass is 9.99. The molecule has 24 heavy (non-hydrogen) atoms. The number of imidazole rings is 1. The zero-order valence-electron chi connectivity index (χ0n) is 13.7. The molecule has 1 unspecified atom stereocenters. The number of halogens is 1. The average molecular weight is 353 g/mol. The number of aryl methyl sites for hydroxylation is 1. The van der Waals surface area contributed by atoms with Gasteiger partial charge in [-0.2, -0.15) is 0 Å². The molecule has 1 aliphatic heterocycles. The molecular weight excluding hydrogens is 328 g/mol. The van der Waals surface area contributed by atoms with Gasteiger partial charge in [0.2, 0.25) is 5.91 Å². The molecular formula is C17H25ClN4O2. The number of benzene rings is 1. The summed E-state index contributed by atoms with van der Waals surface area (Å²) in [4.78, 5) is 28.6. The summed E-state index contributed by atoms with van der Waals surface area (Å²) in [5.41, 5.74) is 2.59. The van der Waals surface area contributed by atoms with E-state index in [4.69, 9.17) is 0 Å². The number of hydrogen-bond acceptors (Lipinski definition) is 3. The second-order valence-corrected chi connectivity index (χ2v) is 6.33. The largest absolute Gasteiger partial charge is 0.356 e. The van der Waals surface area contributed by atoms with Crippen LogP contribution in [0.4, 0.5) is 0 Å². The lowest BCUT2D eigenvalue weighted by Gasteiger charge is -2.22. The van der Waals surface area contributed by atoms with Crippen molar-refractivity contribution in [2.24, 2.45) is 5.92 Å². The fourth-order valence-electron chi connectivity index (χ4n) is 3.13. The van der Waals surface area contributed by atoms with Crippen LogP contribution in [-0.2, 0) is 11.2 Å². The van der Waals surface area contributed by atoms with Crippen molar-refractivity contribution in [1.82, 2.24) is 20.6 Å². The number of nitrogens with one attached hydrogen (secondary N) is 4. The van der Waals surface area contributed by atoms with Crippen molar-refractivity contribution in [2.75, 3.05) is 19.6 Å². The molecule has 1 aromatic carbocycles. The number of hydrogen-bond donors (Lipinski definition) is 4. The smallest absolute Gasteiger partial charge is 0.323 e. The van der Waals surface area contributed by atoms with E-state index in [1.807, 2.05) is 18.2 Å². The molecule has 1 fully saturated rings. The van der Waals surface area contributed by atoms with Crippen molar-refractivity contribution < 1.29 is 4.79 Å². The van der Waals surface area contributed by atoms with Crippen LogP contribution in [0.1, 0.15) is 31.2 Å². The van der Waals surface area contributed by atoms with Crippen LogP contribution in [-0.4, -0.2) is 35.5 Å². The highest BCUT2D eigenvalue weighted by Crippen LogP contribution is 2.13. The van der Waals surface area contributed by atoms with Gasteiger partial charge in [0.05, 0.1) is 11.0 Å². The third-order valence-electron chi connectivity index (χ3n) is 4.44. The van der Waals surface area contributed by atoms with Gasteiger partial charge in [-0.05, 0) is 62.4 Å². The molecule has 0 spiro atoms. The van der Waals surface area contributed by atoms with E-state index in [2.05, 4.69) is 20.6 Å². The van der Waals surface area contributed by atoms with Gasteiger partial charge in [0, 0.05) is 13.0 Å². The van der Waals surface area contributed by atoms with Crippen LogP contribution in [0.15, 0.2) is 23.0 Å². The molecule has 132 valence electrons. The number of aromatic amines is 2. The molecule has 1 amide bonds. The van der Waals surface area contributed by atoms with Crippen LogP contribution < -0.4 is 16.3 Å². The van der Waals surface area contributed by atoms with Gasteiger partial charge in [0.1, 0.15) is 0 Å². The summed E-state index contributed by atoms with van der Waals surface area (Å²) in [7, 11) is 0. The van der Waals surface area contributed by atoms with E-state index in [0.717, 1.165) is 49.1 Å². The van der Waals surface area contributed by atoms with E-state index in [1.54, 1.807) is 0 Å². The maximum Gasteiger partial charge on any atom is 0.323 e. The van der Waals surface area contributed by atoms with E-state index in [-0.39, 0.29) is 24.0 Å². The molecule has 0 bridgehead atoms. The van der Waals surface area contributed by atoms with E-state index in [9.17, 15) is 9.59 Å². The third-order valence-corrected chi connectivity index (χ3v) is 4.44. The molecule has 1 atom stereocenters. The van der Waals surface area contributed by atoms with Crippen molar-refractivity contribution in [3.05, 3.63) is 34.2 Å². The normalized spacial score (nSPS) is 17.4. The highest BCUT2D eigenvalue weighted by Gasteiger charge is 2.13. The minimum absolute atomic E-state index is 0. The number of aromatic nitrogens is 2. The maximum atomic E-state index is 11.9. The molecule has 2 aromatic rings.